The summed E-state index contributed by atoms with van der Waals surface area (Å²) < 4.78 is 3.18. The Morgan fingerprint density at radius 1 is 1.50 bits per heavy atom. The van der Waals surface area contributed by atoms with E-state index in [0.29, 0.717) is 5.92 Å². The highest BCUT2D eigenvalue weighted by atomic mass is 79.9. The second-order valence-corrected chi connectivity index (χ2v) is 5.09. The van der Waals surface area contributed by atoms with Gasteiger partial charge >= 0.3 is 0 Å². The first-order chi connectivity index (χ1) is 6.60. The molecule has 1 rings (SSSR count). The van der Waals surface area contributed by atoms with Crippen molar-refractivity contribution in [1.29, 1.82) is 0 Å². The van der Waals surface area contributed by atoms with Crippen molar-refractivity contribution in [1.82, 2.24) is 9.78 Å². The topological polar surface area (TPSA) is 17.8 Å². The Morgan fingerprint density at radius 3 is 2.57 bits per heavy atom. The monoisotopic (exact) mass is 322 g/mol. The molecule has 1 unspecified atom stereocenters. The summed E-state index contributed by atoms with van der Waals surface area (Å²) in [5, 5.41) is 5.50. The summed E-state index contributed by atoms with van der Waals surface area (Å²) in [6, 6.07) is 0. The molecule has 0 saturated heterocycles. The molecule has 0 N–H and O–H groups in total. The van der Waals surface area contributed by atoms with Gasteiger partial charge < -0.3 is 0 Å². The minimum Gasteiger partial charge on any atom is -0.271 e. The van der Waals surface area contributed by atoms with Gasteiger partial charge in [-0.3, -0.25) is 4.68 Å². The van der Waals surface area contributed by atoms with Gasteiger partial charge in [0.1, 0.15) is 0 Å². The van der Waals surface area contributed by atoms with Gasteiger partial charge in [0.15, 0.2) is 0 Å². The smallest absolute Gasteiger partial charge is 0.0766 e. The van der Waals surface area contributed by atoms with Gasteiger partial charge in [-0.15, -0.1) is 0 Å². The summed E-state index contributed by atoms with van der Waals surface area (Å²) in [5.41, 5.74) is 2.46. The maximum absolute atomic E-state index is 4.47. The van der Waals surface area contributed by atoms with Crippen LogP contribution in [0.4, 0.5) is 0 Å². The second kappa shape index (κ2) is 5.31. The van der Waals surface area contributed by atoms with Crippen LogP contribution in [-0.4, -0.2) is 15.1 Å². The average Bonchev–Trinajstić information content (AvgIpc) is 2.44. The first-order valence-corrected chi connectivity index (χ1v) is 6.77. The van der Waals surface area contributed by atoms with Crippen LogP contribution in [0.15, 0.2) is 4.47 Å². The van der Waals surface area contributed by atoms with Gasteiger partial charge in [-0.25, -0.2) is 0 Å². The van der Waals surface area contributed by atoms with Crippen molar-refractivity contribution in [3.63, 3.8) is 0 Å². The van der Waals surface area contributed by atoms with Crippen LogP contribution >= 0.6 is 31.9 Å². The fourth-order valence-electron chi connectivity index (χ4n) is 1.43. The summed E-state index contributed by atoms with van der Waals surface area (Å²) in [6.07, 6.45) is 2.05. The average molecular weight is 324 g/mol. The van der Waals surface area contributed by atoms with E-state index in [1.165, 1.54) is 10.2 Å². The minimum absolute atomic E-state index is 0.645. The van der Waals surface area contributed by atoms with Crippen LogP contribution in [0, 0.1) is 5.92 Å². The number of hydrogen-bond donors (Lipinski definition) is 0. The Morgan fingerprint density at radius 2 is 2.14 bits per heavy atom. The summed E-state index contributed by atoms with van der Waals surface area (Å²) in [6.45, 7) is 4.37. The Kier molecular flexibility index (Phi) is 4.64. The lowest BCUT2D eigenvalue weighted by molar-refractivity contribution is 0.603. The van der Waals surface area contributed by atoms with E-state index < -0.39 is 0 Å². The SMILES string of the molecule is CCc1nn(C)c(CC(C)CBr)c1Br. The normalized spacial score (nSPS) is 13.2. The zero-order chi connectivity index (χ0) is 10.7. The number of aromatic nitrogens is 2. The number of halogens is 2. The molecule has 4 heteroatoms. The predicted molar refractivity (Wildman–Crippen MR) is 66.9 cm³/mol. The van der Waals surface area contributed by atoms with Crippen LogP contribution in [0.2, 0.25) is 0 Å². The number of hydrogen-bond acceptors (Lipinski definition) is 1. The molecule has 0 aliphatic heterocycles. The molecule has 0 amide bonds. The lowest BCUT2D eigenvalue weighted by Gasteiger charge is -2.07. The minimum atomic E-state index is 0.645. The zero-order valence-electron chi connectivity index (χ0n) is 8.85. The zero-order valence-corrected chi connectivity index (χ0v) is 12.0. The molecule has 2 nitrogen and oxygen atoms in total. The highest BCUT2D eigenvalue weighted by Crippen LogP contribution is 2.24. The quantitative estimate of drug-likeness (QED) is 0.777. The van der Waals surface area contributed by atoms with Gasteiger partial charge in [0, 0.05) is 12.4 Å². The van der Waals surface area contributed by atoms with Gasteiger partial charge in [0.2, 0.25) is 0 Å². The van der Waals surface area contributed by atoms with Crippen LogP contribution < -0.4 is 0 Å². The van der Waals surface area contributed by atoms with Crippen LogP contribution in [0.1, 0.15) is 25.2 Å². The summed E-state index contributed by atoms with van der Waals surface area (Å²) >= 11 is 7.12. The molecule has 0 spiro atoms. The second-order valence-electron chi connectivity index (χ2n) is 3.65. The van der Waals surface area contributed by atoms with Crippen molar-refractivity contribution in [3.05, 3.63) is 15.9 Å². The Balaban J connectivity index is 2.90. The van der Waals surface area contributed by atoms with E-state index >= 15 is 0 Å². The number of nitrogens with zero attached hydrogens (tertiary/aromatic N) is 2. The molecule has 0 radical (unpaired) electrons. The Bertz CT molecular complexity index is 307. The highest BCUT2D eigenvalue weighted by Gasteiger charge is 2.14. The van der Waals surface area contributed by atoms with Crippen molar-refractivity contribution in [3.8, 4) is 0 Å². The molecular formula is C10H16Br2N2. The first-order valence-electron chi connectivity index (χ1n) is 4.86. The molecule has 0 aliphatic carbocycles. The molecule has 14 heavy (non-hydrogen) atoms. The molecule has 1 atom stereocenters. The molecule has 1 heterocycles. The fraction of sp³-hybridized carbons (Fsp3) is 0.700. The summed E-state index contributed by atoms with van der Waals surface area (Å²) in [7, 11) is 2.01. The fourth-order valence-corrected chi connectivity index (χ4v) is 2.43. The van der Waals surface area contributed by atoms with Crippen molar-refractivity contribution in [2.24, 2.45) is 13.0 Å². The van der Waals surface area contributed by atoms with E-state index in [9.17, 15) is 0 Å². The number of rotatable bonds is 4. The molecule has 0 saturated carbocycles. The van der Waals surface area contributed by atoms with Gasteiger partial charge in [0.25, 0.3) is 0 Å². The van der Waals surface area contributed by atoms with E-state index in [2.05, 4.69) is 50.8 Å². The maximum Gasteiger partial charge on any atom is 0.0766 e. The van der Waals surface area contributed by atoms with Gasteiger partial charge in [-0.2, -0.15) is 5.10 Å². The van der Waals surface area contributed by atoms with E-state index in [-0.39, 0.29) is 0 Å². The number of aryl methyl sites for hydroxylation is 2. The predicted octanol–water partition coefficient (Wildman–Crippen LogP) is 3.32. The molecular weight excluding hydrogens is 308 g/mol. The van der Waals surface area contributed by atoms with E-state index in [0.717, 1.165) is 23.9 Å². The van der Waals surface area contributed by atoms with Crippen molar-refractivity contribution >= 4 is 31.9 Å². The third-order valence-corrected chi connectivity index (χ3v) is 4.33. The largest absolute Gasteiger partial charge is 0.271 e. The summed E-state index contributed by atoms with van der Waals surface area (Å²) in [4.78, 5) is 0. The van der Waals surface area contributed by atoms with Crippen LogP contribution in [-0.2, 0) is 19.9 Å². The molecule has 80 valence electrons. The van der Waals surface area contributed by atoms with Crippen molar-refractivity contribution in [2.75, 3.05) is 5.33 Å². The lowest BCUT2D eigenvalue weighted by Crippen LogP contribution is -2.06. The maximum atomic E-state index is 4.47. The van der Waals surface area contributed by atoms with E-state index in [4.69, 9.17) is 0 Å². The third-order valence-electron chi connectivity index (χ3n) is 2.31. The van der Waals surface area contributed by atoms with Crippen LogP contribution in [0.3, 0.4) is 0 Å². The molecule has 0 bridgehead atoms. The highest BCUT2D eigenvalue weighted by molar-refractivity contribution is 9.10. The molecule has 0 fully saturated rings. The standard InChI is InChI=1S/C10H16Br2N2/c1-4-8-10(12)9(14(3)13-8)5-7(2)6-11/h7H,4-6H2,1-3H3. The first kappa shape index (κ1) is 12.2. The molecule has 1 aromatic heterocycles. The van der Waals surface area contributed by atoms with Gasteiger partial charge in [0.05, 0.1) is 15.9 Å². The summed E-state index contributed by atoms with van der Waals surface area (Å²) in [5.74, 6) is 0.645. The van der Waals surface area contributed by atoms with Gasteiger partial charge in [-0.05, 0) is 34.7 Å². The Labute approximate surface area is 102 Å². The third kappa shape index (κ3) is 2.60. The number of alkyl halides is 1. The lowest BCUT2D eigenvalue weighted by atomic mass is 10.1. The van der Waals surface area contributed by atoms with E-state index in [1.54, 1.807) is 0 Å². The molecule has 0 aliphatic rings. The van der Waals surface area contributed by atoms with Crippen LogP contribution in [0.5, 0.6) is 0 Å². The Hall–Kier alpha value is 0.170. The van der Waals surface area contributed by atoms with Crippen LogP contribution in [0.25, 0.3) is 0 Å². The van der Waals surface area contributed by atoms with Gasteiger partial charge in [-0.1, -0.05) is 29.8 Å². The van der Waals surface area contributed by atoms with Crippen molar-refractivity contribution < 1.29 is 0 Å². The molecule has 1 aromatic rings. The molecule has 0 aromatic carbocycles. The van der Waals surface area contributed by atoms with Crippen molar-refractivity contribution in [2.45, 2.75) is 26.7 Å². The van der Waals surface area contributed by atoms with E-state index in [1.807, 2.05) is 11.7 Å².